The molecule has 1 aliphatic carbocycles. The number of alkyl halides is 2. The summed E-state index contributed by atoms with van der Waals surface area (Å²) in [7, 11) is -4.02. The molecule has 15 heteroatoms. The lowest BCUT2D eigenvalue weighted by molar-refractivity contribution is -0.605. The van der Waals surface area contributed by atoms with Gasteiger partial charge in [0.15, 0.2) is 29.3 Å². The third kappa shape index (κ3) is 7.63. The SMILES string of the molecule is O=C(OC(Cc1c(Cl)c[n+]([O-])cc1Cl)c1ccc(OC(F)F)c(OCC2CC2)c1)C1SCCN1S(=O)(=O)c1ccccc1. The monoisotopic (exact) mass is 674 g/mol. The van der Waals surface area contributed by atoms with Gasteiger partial charge in [-0.1, -0.05) is 47.5 Å². The molecule has 0 N–H and O–H groups in total. The van der Waals surface area contributed by atoms with Crippen molar-refractivity contribution in [3.8, 4) is 11.5 Å². The second-order valence-corrected chi connectivity index (χ2v) is 13.8. The van der Waals surface area contributed by atoms with Gasteiger partial charge in [-0.2, -0.15) is 17.8 Å². The predicted octanol–water partition coefficient (Wildman–Crippen LogP) is 5.61. The Morgan fingerprint density at radius 2 is 1.79 bits per heavy atom. The van der Waals surface area contributed by atoms with Crippen molar-refractivity contribution in [2.75, 3.05) is 18.9 Å². The molecule has 3 aromatic rings. The number of hydrogen-bond acceptors (Lipinski definition) is 8. The lowest BCUT2D eigenvalue weighted by Crippen LogP contribution is -2.40. The molecule has 0 spiro atoms. The summed E-state index contributed by atoms with van der Waals surface area (Å²) in [6, 6.07) is 11.9. The zero-order valence-electron chi connectivity index (χ0n) is 22.4. The Labute approximate surface area is 261 Å². The summed E-state index contributed by atoms with van der Waals surface area (Å²) in [6.45, 7) is -2.72. The summed E-state index contributed by atoms with van der Waals surface area (Å²) in [5.41, 5.74) is 0.613. The van der Waals surface area contributed by atoms with Gasteiger partial charge in [0, 0.05) is 24.3 Å². The highest BCUT2D eigenvalue weighted by atomic mass is 35.5. The van der Waals surface area contributed by atoms with Crippen LogP contribution in [-0.4, -0.2) is 49.6 Å². The van der Waals surface area contributed by atoms with Crippen LogP contribution in [0.4, 0.5) is 8.78 Å². The first-order chi connectivity index (χ1) is 20.5. The molecule has 1 saturated heterocycles. The zero-order valence-corrected chi connectivity index (χ0v) is 25.6. The Morgan fingerprint density at radius 1 is 1.09 bits per heavy atom. The van der Waals surface area contributed by atoms with E-state index in [0.29, 0.717) is 28.6 Å². The van der Waals surface area contributed by atoms with Gasteiger partial charge in [0.2, 0.25) is 10.0 Å². The summed E-state index contributed by atoms with van der Waals surface area (Å²) in [4.78, 5) is 13.7. The molecule has 2 atom stereocenters. The molecule has 230 valence electrons. The van der Waals surface area contributed by atoms with Crippen molar-refractivity contribution in [3.05, 3.63) is 87.3 Å². The minimum atomic E-state index is -4.02. The summed E-state index contributed by atoms with van der Waals surface area (Å²) < 4.78 is 70.8. The Bertz CT molecular complexity index is 1560. The van der Waals surface area contributed by atoms with Gasteiger partial charge in [0.05, 0.1) is 11.5 Å². The Morgan fingerprint density at radius 3 is 2.44 bits per heavy atom. The van der Waals surface area contributed by atoms with E-state index < -0.39 is 34.1 Å². The van der Waals surface area contributed by atoms with E-state index in [1.54, 1.807) is 18.2 Å². The van der Waals surface area contributed by atoms with E-state index in [1.165, 1.54) is 30.3 Å². The predicted molar refractivity (Wildman–Crippen MR) is 156 cm³/mol. The van der Waals surface area contributed by atoms with E-state index in [1.807, 2.05) is 0 Å². The number of benzene rings is 2. The number of carbonyl (C=O) groups is 1. The van der Waals surface area contributed by atoms with E-state index in [2.05, 4.69) is 4.74 Å². The lowest BCUT2D eigenvalue weighted by Gasteiger charge is -2.26. The highest BCUT2D eigenvalue weighted by molar-refractivity contribution is 8.02. The van der Waals surface area contributed by atoms with E-state index in [4.69, 9.17) is 32.7 Å². The van der Waals surface area contributed by atoms with Crippen LogP contribution < -0.4 is 14.2 Å². The minimum Gasteiger partial charge on any atom is -0.619 e. The number of carbonyl (C=O) groups excluding carboxylic acids is 1. The average Bonchev–Trinajstić information content (AvgIpc) is 3.65. The quantitative estimate of drug-likeness (QED) is 0.139. The molecule has 1 aromatic heterocycles. The first-order valence-electron chi connectivity index (χ1n) is 13.2. The number of rotatable bonds is 12. The second kappa shape index (κ2) is 13.4. The van der Waals surface area contributed by atoms with Crippen LogP contribution in [0.5, 0.6) is 11.5 Å². The van der Waals surface area contributed by atoms with Crippen LogP contribution in [0, 0.1) is 11.1 Å². The van der Waals surface area contributed by atoms with Crippen molar-refractivity contribution in [2.45, 2.75) is 42.2 Å². The van der Waals surface area contributed by atoms with Crippen molar-refractivity contribution >= 4 is 51.0 Å². The third-order valence-corrected chi connectivity index (χ3v) is 10.7. The first-order valence-corrected chi connectivity index (χ1v) is 16.4. The van der Waals surface area contributed by atoms with Gasteiger partial charge >= 0.3 is 12.6 Å². The molecule has 2 unspecified atom stereocenters. The molecule has 2 fully saturated rings. The van der Waals surface area contributed by atoms with E-state index in [9.17, 15) is 27.2 Å². The van der Waals surface area contributed by atoms with Crippen LogP contribution in [0.3, 0.4) is 0 Å². The molecule has 5 rings (SSSR count). The highest BCUT2D eigenvalue weighted by Crippen LogP contribution is 2.39. The number of sulfonamides is 1. The Kier molecular flexibility index (Phi) is 9.86. The summed E-state index contributed by atoms with van der Waals surface area (Å²) in [6.07, 6.45) is 2.84. The number of thioether (sulfide) groups is 1. The minimum absolute atomic E-state index is 0.00920. The number of pyridine rings is 1. The standard InChI is InChI=1S/C28H26Cl2F2N2O7S2/c29-21-14-33(36)15-22(30)20(21)13-24(18-8-9-23(41-28(31)32)25(12-18)39-16-17-6-7-17)40-27(35)26-34(10-11-42-26)43(37,38)19-4-2-1-3-5-19/h1-5,8-9,12,14-15,17,24,26,28H,6-7,10-11,13,16H2. The molecular formula is C28H26Cl2F2N2O7S2. The zero-order chi connectivity index (χ0) is 30.7. The summed E-state index contributed by atoms with van der Waals surface area (Å²) in [5, 5.41) is 10.7. The normalized spacial score (nSPS) is 18.0. The third-order valence-electron chi connectivity index (χ3n) is 6.83. The van der Waals surface area contributed by atoms with E-state index in [-0.39, 0.29) is 45.0 Å². The van der Waals surface area contributed by atoms with E-state index >= 15 is 0 Å². The second-order valence-electron chi connectivity index (χ2n) is 9.91. The molecule has 1 saturated carbocycles. The lowest BCUT2D eigenvalue weighted by atomic mass is 10.0. The van der Waals surface area contributed by atoms with Crippen molar-refractivity contribution in [1.82, 2.24) is 4.31 Å². The topological polar surface area (TPSA) is 109 Å². The van der Waals surface area contributed by atoms with Gasteiger partial charge in [-0.3, -0.25) is 0 Å². The van der Waals surface area contributed by atoms with Crippen LogP contribution in [0.25, 0.3) is 0 Å². The smallest absolute Gasteiger partial charge is 0.387 e. The number of halogens is 4. The number of nitrogens with zero attached hydrogens (tertiary/aromatic N) is 2. The molecule has 0 amide bonds. The molecule has 2 aliphatic rings. The van der Waals surface area contributed by atoms with Crippen LogP contribution in [-0.2, 0) is 26.0 Å². The summed E-state index contributed by atoms with van der Waals surface area (Å²) >= 11 is 13.8. The molecule has 0 bridgehead atoms. The molecule has 43 heavy (non-hydrogen) atoms. The molecular weight excluding hydrogens is 649 g/mol. The largest absolute Gasteiger partial charge is 0.619 e. The van der Waals surface area contributed by atoms with Crippen molar-refractivity contribution in [1.29, 1.82) is 0 Å². The van der Waals surface area contributed by atoms with E-state index in [0.717, 1.165) is 41.3 Å². The fourth-order valence-corrected chi connectivity index (χ4v) is 8.14. The Balaban J connectivity index is 1.47. The maximum absolute atomic E-state index is 13.6. The van der Waals surface area contributed by atoms with Crippen molar-refractivity contribution in [3.63, 3.8) is 0 Å². The number of hydrogen-bond donors (Lipinski definition) is 0. The molecule has 1 aliphatic heterocycles. The van der Waals surface area contributed by atoms with Gasteiger partial charge < -0.3 is 19.4 Å². The van der Waals surface area contributed by atoms with Crippen molar-refractivity contribution in [2.24, 2.45) is 5.92 Å². The van der Waals surface area contributed by atoms with Gasteiger partial charge in [-0.25, -0.2) is 13.2 Å². The maximum atomic E-state index is 13.6. The molecule has 2 heterocycles. The molecule has 9 nitrogen and oxygen atoms in total. The molecule has 2 aromatic carbocycles. The van der Waals surface area contributed by atoms with Crippen LogP contribution in [0.15, 0.2) is 65.8 Å². The summed E-state index contributed by atoms with van der Waals surface area (Å²) in [5.74, 6) is -0.359. The van der Waals surface area contributed by atoms with Crippen LogP contribution >= 0.6 is 35.0 Å². The Hall–Kier alpha value is -2.84. The van der Waals surface area contributed by atoms with Gasteiger partial charge in [0.1, 0.15) is 16.1 Å². The van der Waals surface area contributed by atoms with Gasteiger partial charge in [-0.15, -0.1) is 11.8 Å². The van der Waals surface area contributed by atoms with Crippen LogP contribution in [0.1, 0.15) is 30.1 Å². The molecule has 0 radical (unpaired) electrons. The van der Waals surface area contributed by atoms with Crippen LogP contribution in [0.2, 0.25) is 10.0 Å². The number of ether oxygens (including phenoxy) is 3. The first kappa shape index (κ1) is 31.6. The average molecular weight is 676 g/mol. The number of aromatic nitrogens is 1. The maximum Gasteiger partial charge on any atom is 0.387 e. The van der Waals surface area contributed by atoms with Gasteiger partial charge in [0.25, 0.3) is 0 Å². The number of esters is 1. The fourth-order valence-electron chi connectivity index (χ4n) is 4.47. The fraction of sp³-hybridized carbons (Fsp3) is 0.357. The highest BCUT2D eigenvalue weighted by Gasteiger charge is 2.42. The van der Waals surface area contributed by atoms with Gasteiger partial charge in [-0.05, 0) is 48.6 Å². The van der Waals surface area contributed by atoms with Crippen molar-refractivity contribution < 1.29 is 40.9 Å².